The second-order valence-corrected chi connectivity index (χ2v) is 7.33. The van der Waals surface area contributed by atoms with Crippen molar-refractivity contribution in [2.75, 3.05) is 13.7 Å². The van der Waals surface area contributed by atoms with Gasteiger partial charge in [0.2, 0.25) is 5.89 Å². The van der Waals surface area contributed by atoms with E-state index >= 15 is 0 Å². The molecule has 2 aliphatic rings. The largest absolute Gasteiger partial charge is 0.497 e. The number of nitrogens with zero attached hydrogens (tertiary/aromatic N) is 3. The predicted octanol–water partition coefficient (Wildman–Crippen LogP) is 2.83. The van der Waals surface area contributed by atoms with Gasteiger partial charge in [-0.15, -0.1) is 0 Å². The molecule has 2 fully saturated rings. The van der Waals surface area contributed by atoms with E-state index in [4.69, 9.17) is 9.26 Å². The van der Waals surface area contributed by atoms with Crippen LogP contribution >= 0.6 is 0 Å². The van der Waals surface area contributed by atoms with E-state index in [1.165, 1.54) is 0 Å². The van der Waals surface area contributed by atoms with Crippen molar-refractivity contribution in [3.05, 3.63) is 41.5 Å². The second-order valence-electron chi connectivity index (χ2n) is 7.33. The Bertz CT molecular complexity index is 722. The molecule has 134 valence electrons. The van der Waals surface area contributed by atoms with Crippen molar-refractivity contribution in [1.82, 2.24) is 15.0 Å². The standard InChI is InChI=1S/C19H25N3O3/c1-19(23,14-7-9-15(24-2)10-8-14)16-4-3-11-22(16)12-17-20-18(21-25-17)13-5-6-13/h7-10,13,16,23H,3-6,11-12H2,1-2H3/t16-,19+/m0/s1. The van der Waals surface area contributed by atoms with Crippen LogP contribution in [0.3, 0.4) is 0 Å². The summed E-state index contributed by atoms with van der Waals surface area (Å²) in [6.07, 6.45) is 4.33. The molecule has 1 aliphatic carbocycles. The van der Waals surface area contributed by atoms with Crippen LogP contribution in [0.5, 0.6) is 5.75 Å². The molecule has 1 aromatic heterocycles. The van der Waals surface area contributed by atoms with E-state index in [2.05, 4.69) is 15.0 Å². The molecule has 0 spiro atoms. The highest BCUT2D eigenvalue weighted by atomic mass is 16.5. The minimum atomic E-state index is -0.942. The van der Waals surface area contributed by atoms with Gasteiger partial charge in [0.05, 0.1) is 13.7 Å². The van der Waals surface area contributed by atoms with E-state index in [1.807, 2.05) is 31.2 Å². The van der Waals surface area contributed by atoms with Crippen LogP contribution in [0.15, 0.2) is 28.8 Å². The van der Waals surface area contributed by atoms with Gasteiger partial charge in [-0.2, -0.15) is 4.98 Å². The molecule has 25 heavy (non-hydrogen) atoms. The average molecular weight is 343 g/mol. The highest BCUT2D eigenvalue weighted by Crippen LogP contribution is 2.39. The molecule has 1 aromatic carbocycles. The summed E-state index contributed by atoms with van der Waals surface area (Å²) in [5.41, 5.74) is -0.0448. The van der Waals surface area contributed by atoms with Crippen LogP contribution in [0.4, 0.5) is 0 Å². The predicted molar refractivity (Wildman–Crippen MR) is 92.3 cm³/mol. The second kappa shape index (κ2) is 6.42. The highest BCUT2D eigenvalue weighted by Gasteiger charge is 2.41. The van der Waals surface area contributed by atoms with Crippen molar-refractivity contribution in [3.8, 4) is 5.75 Å². The summed E-state index contributed by atoms with van der Waals surface area (Å²) < 4.78 is 10.6. The molecule has 2 aromatic rings. The summed E-state index contributed by atoms with van der Waals surface area (Å²) in [6.45, 7) is 3.41. The maximum Gasteiger partial charge on any atom is 0.240 e. The first kappa shape index (κ1) is 16.5. The molecular weight excluding hydrogens is 318 g/mol. The molecule has 0 unspecified atom stereocenters. The van der Waals surface area contributed by atoms with Gasteiger partial charge in [-0.3, -0.25) is 4.90 Å². The molecule has 0 bridgehead atoms. The fourth-order valence-corrected chi connectivity index (χ4v) is 3.79. The summed E-state index contributed by atoms with van der Waals surface area (Å²) in [4.78, 5) is 6.79. The molecule has 4 rings (SSSR count). The maximum atomic E-state index is 11.3. The van der Waals surface area contributed by atoms with Gasteiger partial charge in [0, 0.05) is 12.0 Å². The van der Waals surface area contributed by atoms with Crippen molar-refractivity contribution in [2.24, 2.45) is 0 Å². The van der Waals surface area contributed by atoms with Gasteiger partial charge in [0.15, 0.2) is 5.82 Å². The van der Waals surface area contributed by atoms with Crippen LogP contribution in [0.25, 0.3) is 0 Å². The third kappa shape index (κ3) is 3.28. The summed E-state index contributed by atoms with van der Waals surface area (Å²) >= 11 is 0. The zero-order valence-electron chi connectivity index (χ0n) is 14.8. The van der Waals surface area contributed by atoms with Gasteiger partial charge in [-0.25, -0.2) is 0 Å². The van der Waals surface area contributed by atoms with Crippen molar-refractivity contribution < 1.29 is 14.4 Å². The van der Waals surface area contributed by atoms with E-state index in [9.17, 15) is 5.11 Å². The number of methoxy groups -OCH3 is 1. The summed E-state index contributed by atoms with van der Waals surface area (Å²) in [6, 6.07) is 7.68. The Morgan fingerprint density at radius 3 is 2.72 bits per heavy atom. The van der Waals surface area contributed by atoms with Crippen LogP contribution in [0.2, 0.25) is 0 Å². The van der Waals surface area contributed by atoms with Crippen molar-refractivity contribution in [2.45, 2.75) is 56.7 Å². The Balaban J connectivity index is 1.50. The number of hydrogen-bond donors (Lipinski definition) is 1. The van der Waals surface area contributed by atoms with Gasteiger partial charge < -0.3 is 14.4 Å². The highest BCUT2D eigenvalue weighted by molar-refractivity contribution is 5.31. The molecular formula is C19H25N3O3. The zero-order valence-corrected chi connectivity index (χ0v) is 14.8. The molecule has 6 heteroatoms. The molecule has 2 atom stereocenters. The maximum absolute atomic E-state index is 11.3. The molecule has 2 heterocycles. The van der Waals surface area contributed by atoms with Gasteiger partial charge in [-0.05, 0) is 56.8 Å². The smallest absolute Gasteiger partial charge is 0.240 e. The molecule has 1 saturated heterocycles. The topological polar surface area (TPSA) is 71.6 Å². The Morgan fingerprint density at radius 1 is 1.28 bits per heavy atom. The molecule has 1 N–H and O–H groups in total. The van der Waals surface area contributed by atoms with Crippen molar-refractivity contribution in [1.29, 1.82) is 0 Å². The quantitative estimate of drug-likeness (QED) is 0.870. The normalized spacial score (nSPS) is 23.6. The monoisotopic (exact) mass is 343 g/mol. The van der Waals surface area contributed by atoms with E-state index in [-0.39, 0.29) is 6.04 Å². The summed E-state index contributed by atoms with van der Waals surface area (Å²) in [5, 5.41) is 15.3. The van der Waals surface area contributed by atoms with Gasteiger partial charge in [0.25, 0.3) is 0 Å². The molecule has 0 radical (unpaired) electrons. The van der Waals surface area contributed by atoms with Crippen LogP contribution in [0, 0.1) is 0 Å². The average Bonchev–Trinajstić information content (AvgIpc) is 3.18. The Labute approximate surface area is 147 Å². The van der Waals surface area contributed by atoms with Crippen molar-refractivity contribution in [3.63, 3.8) is 0 Å². The van der Waals surface area contributed by atoms with Crippen LogP contribution < -0.4 is 4.74 Å². The third-order valence-corrected chi connectivity index (χ3v) is 5.45. The minimum absolute atomic E-state index is 0.0252. The first-order valence-corrected chi connectivity index (χ1v) is 9.01. The summed E-state index contributed by atoms with van der Waals surface area (Å²) in [5.74, 6) is 2.78. The molecule has 0 amide bonds. The lowest BCUT2D eigenvalue weighted by Crippen LogP contribution is -2.45. The minimum Gasteiger partial charge on any atom is -0.497 e. The first-order valence-electron chi connectivity index (χ1n) is 9.01. The van der Waals surface area contributed by atoms with Gasteiger partial charge in [0.1, 0.15) is 11.4 Å². The van der Waals surface area contributed by atoms with Crippen molar-refractivity contribution >= 4 is 0 Å². The van der Waals surface area contributed by atoms with Gasteiger partial charge in [-0.1, -0.05) is 17.3 Å². The molecule has 6 nitrogen and oxygen atoms in total. The van der Waals surface area contributed by atoms with Crippen LogP contribution in [-0.2, 0) is 12.1 Å². The number of likely N-dealkylation sites (tertiary alicyclic amines) is 1. The van der Waals surface area contributed by atoms with E-state index < -0.39 is 5.60 Å². The Kier molecular flexibility index (Phi) is 4.25. The Hall–Kier alpha value is -1.92. The van der Waals surface area contributed by atoms with E-state index in [1.54, 1.807) is 7.11 Å². The molecule has 1 saturated carbocycles. The SMILES string of the molecule is COc1ccc([C@@](C)(O)[C@@H]2CCCN2Cc2nc(C3CC3)no2)cc1. The Morgan fingerprint density at radius 2 is 2.04 bits per heavy atom. The van der Waals surface area contributed by atoms with E-state index in [0.29, 0.717) is 18.4 Å². The fraction of sp³-hybridized carbons (Fsp3) is 0.579. The van der Waals surface area contributed by atoms with Crippen LogP contribution in [-0.4, -0.2) is 39.8 Å². The lowest BCUT2D eigenvalue weighted by molar-refractivity contribution is -0.0278. The molecule has 1 aliphatic heterocycles. The van der Waals surface area contributed by atoms with Gasteiger partial charge >= 0.3 is 0 Å². The number of ether oxygens (including phenoxy) is 1. The van der Waals surface area contributed by atoms with E-state index in [0.717, 1.165) is 49.4 Å². The number of aliphatic hydroxyl groups is 1. The number of rotatable bonds is 6. The first-order chi connectivity index (χ1) is 12.1. The lowest BCUT2D eigenvalue weighted by atomic mass is 9.86. The number of benzene rings is 1. The van der Waals surface area contributed by atoms with Crippen LogP contribution in [0.1, 0.15) is 55.8 Å². The number of aromatic nitrogens is 2. The fourth-order valence-electron chi connectivity index (χ4n) is 3.79. The summed E-state index contributed by atoms with van der Waals surface area (Å²) in [7, 11) is 1.64. The lowest BCUT2D eigenvalue weighted by Gasteiger charge is -2.36. The number of hydrogen-bond acceptors (Lipinski definition) is 6. The third-order valence-electron chi connectivity index (χ3n) is 5.45. The zero-order chi connectivity index (χ0) is 17.4.